The first-order chi connectivity index (χ1) is 17.8. The number of amides is 1. The summed E-state index contributed by atoms with van der Waals surface area (Å²) in [6.45, 7) is 11.5. The SMILES string of the molecule is CC1=CC2(C)C(O)CC34CC(O)(CC5CCC(CC5)OC5C(C2C3=O)C1C1(C)CC(C)CC(C)C51)NC4=O. The monoisotopic (exact) mass is 525 g/mol. The molecule has 3 heterocycles. The molecule has 3 aliphatic heterocycles. The van der Waals surface area contributed by atoms with Crippen molar-refractivity contribution in [2.75, 3.05) is 0 Å². The number of ketones is 1. The van der Waals surface area contributed by atoms with Gasteiger partial charge in [-0.25, -0.2) is 0 Å². The van der Waals surface area contributed by atoms with Gasteiger partial charge in [0.1, 0.15) is 11.1 Å². The molecule has 8 rings (SSSR count). The highest BCUT2D eigenvalue weighted by Gasteiger charge is 2.74. The third-order valence-corrected chi connectivity index (χ3v) is 13.0. The van der Waals surface area contributed by atoms with Gasteiger partial charge >= 0.3 is 0 Å². The van der Waals surface area contributed by atoms with Gasteiger partial charge in [0, 0.05) is 23.7 Å². The van der Waals surface area contributed by atoms with Crippen molar-refractivity contribution in [2.45, 2.75) is 116 Å². The highest BCUT2D eigenvalue weighted by Crippen LogP contribution is 2.71. The second kappa shape index (κ2) is 7.94. The van der Waals surface area contributed by atoms with Crippen molar-refractivity contribution < 1.29 is 24.5 Å². The summed E-state index contributed by atoms with van der Waals surface area (Å²) < 4.78 is 7.24. The molecule has 0 aromatic carbocycles. The minimum absolute atomic E-state index is 0.0110. The second-order valence-electron chi connectivity index (χ2n) is 15.6. The number of rotatable bonds is 0. The van der Waals surface area contributed by atoms with Crippen LogP contribution in [-0.4, -0.2) is 45.9 Å². The lowest BCUT2D eigenvalue weighted by Gasteiger charge is -2.56. The number of nitrogens with one attached hydrogen (secondary N) is 1. The Hall–Kier alpha value is -1.24. The largest absolute Gasteiger partial charge is 0.392 e. The van der Waals surface area contributed by atoms with Crippen LogP contribution >= 0.6 is 0 Å². The number of carbonyl (C=O) groups excluding carboxylic acids is 2. The zero-order valence-corrected chi connectivity index (χ0v) is 23.8. The topological polar surface area (TPSA) is 95.9 Å². The molecule has 4 saturated carbocycles. The standard InChI is InChI=1S/C32H47NO5/c1-16-10-17(2)24-26-22-23(30(24,5)11-16)18(3)12-29(4)21(34)14-31(27(35)25(22)29)15-32(37,33-28(31)36)13-19-6-8-20(38-26)9-7-19/h12,16-17,19-26,34,37H,6-11,13-15H2,1-5H3,(H,33,36). The van der Waals surface area contributed by atoms with Crippen LogP contribution < -0.4 is 5.32 Å². The number of allylic oxidation sites excluding steroid dienone is 1. The average molecular weight is 526 g/mol. The number of aliphatic hydroxyl groups excluding tert-OH is 1. The normalized spacial score (nSPS) is 59.3. The summed E-state index contributed by atoms with van der Waals surface area (Å²) in [5, 5.41) is 26.4. The minimum Gasteiger partial charge on any atom is -0.392 e. The van der Waals surface area contributed by atoms with Crippen molar-refractivity contribution in [1.82, 2.24) is 5.32 Å². The predicted octanol–water partition coefficient (Wildman–Crippen LogP) is 4.38. The van der Waals surface area contributed by atoms with Crippen LogP contribution in [0.15, 0.2) is 11.6 Å². The molecule has 5 aliphatic carbocycles. The second-order valence-corrected chi connectivity index (χ2v) is 15.6. The van der Waals surface area contributed by atoms with Crippen LogP contribution in [0.4, 0.5) is 0 Å². The molecule has 12 unspecified atom stereocenters. The van der Waals surface area contributed by atoms with E-state index in [0.717, 1.165) is 32.1 Å². The number of carbonyl (C=O) groups is 2. The summed E-state index contributed by atoms with van der Waals surface area (Å²) in [5.74, 6) is 0.947. The van der Waals surface area contributed by atoms with Crippen LogP contribution in [0.5, 0.6) is 0 Å². The Morgan fingerprint density at radius 3 is 2.45 bits per heavy atom. The summed E-state index contributed by atoms with van der Waals surface area (Å²) in [7, 11) is 0. The van der Waals surface area contributed by atoms with Gasteiger partial charge < -0.3 is 20.3 Å². The van der Waals surface area contributed by atoms with Crippen molar-refractivity contribution in [3.8, 4) is 0 Å². The Labute approximate surface area is 227 Å². The highest BCUT2D eigenvalue weighted by molar-refractivity contribution is 6.10. The van der Waals surface area contributed by atoms with E-state index >= 15 is 0 Å². The van der Waals surface area contributed by atoms with E-state index in [1.54, 1.807) is 0 Å². The molecule has 210 valence electrons. The quantitative estimate of drug-likeness (QED) is 0.322. The van der Waals surface area contributed by atoms with E-state index in [9.17, 15) is 19.8 Å². The van der Waals surface area contributed by atoms with E-state index in [1.807, 2.05) is 6.92 Å². The van der Waals surface area contributed by atoms with Gasteiger partial charge in [0.25, 0.3) is 0 Å². The van der Waals surface area contributed by atoms with Crippen LogP contribution in [0.25, 0.3) is 0 Å². The molecule has 0 aromatic rings. The maximum Gasteiger partial charge on any atom is 0.236 e. The molecule has 7 fully saturated rings. The lowest BCUT2D eigenvalue weighted by Crippen LogP contribution is -2.62. The van der Waals surface area contributed by atoms with Gasteiger partial charge in [0.05, 0.1) is 18.3 Å². The molecule has 1 amide bonds. The number of Topliss-reactive ketones (excluding diaryl/α,β-unsaturated/α-hetero) is 1. The first-order valence-corrected chi connectivity index (χ1v) is 15.4. The molecule has 6 heteroatoms. The van der Waals surface area contributed by atoms with Crippen LogP contribution in [0.3, 0.4) is 0 Å². The van der Waals surface area contributed by atoms with E-state index in [0.29, 0.717) is 30.1 Å². The van der Waals surface area contributed by atoms with Gasteiger partial charge in [-0.05, 0) is 93.3 Å². The summed E-state index contributed by atoms with van der Waals surface area (Å²) in [6, 6.07) is 0. The van der Waals surface area contributed by atoms with E-state index in [4.69, 9.17) is 4.74 Å². The fourth-order valence-electron chi connectivity index (χ4n) is 12.1. The molecular formula is C32H47NO5. The zero-order chi connectivity index (χ0) is 27.0. The number of aliphatic hydroxyl groups is 2. The minimum atomic E-state index is -1.38. The molecule has 1 spiro atoms. The van der Waals surface area contributed by atoms with Gasteiger partial charge in [-0.2, -0.15) is 0 Å². The highest BCUT2D eigenvalue weighted by atomic mass is 16.5. The number of ether oxygens (including phenoxy) is 1. The van der Waals surface area contributed by atoms with Crippen LogP contribution in [0.1, 0.15) is 92.4 Å². The first kappa shape index (κ1) is 25.7. The Kier molecular flexibility index (Phi) is 5.37. The number of fused-ring (bicyclic) bond motifs is 4. The van der Waals surface area contributed by atoms with E-state index in [-0.39, 0.29) is 54.0 Å². The smallest absolute Gasteiger partial charge is 0.236 e. The molecule has 3 N–H and O–H groups in total. The van der Waals surface area contributed by atoms with Crippen LogP contribution in [0, 0.1) is 57.7 Å². The first-order valence-electron chi connectivity index (χ1n) is 15.4. The third-order valence-electron chi connectivity index (χ3n) is 13.0. The van der Waals surface area contributed by atoms with Crippen LogP contribution in [0.2, 0.25) is 0 Å². The maximum atomic E-state index is 14.9. The van der Waals surface area contributed by atoms with Crippen molar-refractivity contribution in [3.05, 3.63) is 11.6 Å². The molecule has 12 atom stereocenters. The van der Waals surface area contributed by atoms with Gasteiger partial charge in [0.2, 0.25) is 5.91 Å². The molecule has 0 radical (unpaired) electrons. The Morgan fingerprint density at radius 2 is 1.74 bits per heavy atom. The number of hydrogen-bond acceptors (Lipinski definition) is 5. The van der Waals surface area contributed by atoms with Crippen molar-refractivity contribution in [2.24, 2.45) is 57.7 Å². The van der Waals surface area contributed by atoms with Crippen molar-refractivity contribution >= 4 is 11.7 Å². The Morgan fingerprint density at radius 1 is 1.03 bits per heavy atom. The molecule has 38 heavy (non-hydrogen) atoms. The van der Waals surface area contributed by atoms with E-state index in [1.165, 1.54) is 12.0 Å². The molecule has 6 nitrogen and oxygen atoms in total. The van der Waals surface area contributed by atoms with Crippen molar-refractivity contribution in [1.29, 1.82) is 0 Å². The fraction of sp³-hybridized carbons (Fsp3) is 0.875. The molecule has 0 aromatic heterocycles. The summed E-state index contributed by atoms with van der Waals surface area (Å²) in [6.07, 6.45) is 8.31. The lowest BCUT2D eigenvalue weighted by atomic mass is 9.47. The maximum absolute atomic E-state index is 14.9. The average Bonchev–Trinajstić information content (AvgIpc) is 3.21. The van der Waals surface area contributed by atoms with Gasteiger partial charge in [0.15, 0.2) is 5.78 Å². The molecular weight excluding hydrogens is 478 g/mol. The van der Waals surface area contributed by atoms with Gasteiger partial charge in [-0.1, -0.05) is 39.3 Å². The lowest BCUT2D eigenvalue weighted by molar-refractivity contribution is -0.172. The summed E-state index contributed by atoms with van der Waals surface area (Å²) in [5.41, 5.74) is -2.20. The Balaban J connectivity index is 1.45. The summed E-state index contributed by atoms with van der Waals surface area (Å²) >= 11 is 0. The van der Waals surface area contributed by atoms with E-state index < -0.39 is 28.6 Å². The van der Waals surface area contributed by atoms with Gasteiger partial charge in [-0.15, -0.1) is 0 Å². The molecule has 3 saturated heterocycles. The van der Waals surface area contributed by atoms with Gasteiger partial charge in [-0.3, -0.25) is 9.59 Å². The number of hydrogen-bond donors (Lipinski definition) is 3. The predicted molar refractivity (Wildman–Crippen MR) is 143 cm³/mol. The summed E-state index contributed by atoms with van der Waals surface area (Å²) in [4.78, 5) is 28.7. The zero-order valence-electron chi connectivity index (χ0n) is 23.8. The van der Waals surface area contributed by atoms with Crippen LogP contribution in [-0.2, 0) is 14.3 Å². The van der Waals surface area contributed by atoms with E-state index in [2.05, 4.69) is 39.1 Å². The molecule has 8 aliphatic rings. The molecule has 5 bridgehead atoms. The van der Waals surface area contributed by atoms with Crippen molar-refractivity contribution in [3.63, 3.8) is 0 Å². The fourth-order valence-corrected chi connectivity index (χ4v) is 12.1. The Bertz CT molecular complexity index is 1100. The third kappa shape index (κ3) is 3.17.